The first-order chi connectivity index (χ1) is 13.8. The van der Waals surface area contributed by atoms with Crippen LogP contribution in [0.4, 0.5) is 17.6 Å². The zero-order valence-electron chi connectivity index (χ0n) is 17.5. The average Bonchev–Trinajstić information content (AvgIpc) is 3.26. The molecule has 1 aromatic rings. The van der Waals surface area contributed by atoms with Crippen molar-refractivity contribution in [1.82, 2.24) is 10.2 Å². The van der Waals surface area contributed by atoms with E-state index in [1.165, 1.54) is 0 Å². The van der Waals surface area contributed by atoms with Crippen LogP contribution in [0.3, 0.4) is 0 Å². The number of nitrogens with one attached hydrogen (secondary N) is 1. The largest absolute Gasteiger partial charge is 0.416 e. The second-order valence-corrected chi connectivity index (χ2v) is 8.79. The second kappa shape index (κ2) is 9.32. The molecule has 2 fully saturated rings. The van der Waals surface area contributed by atoms with E-state index in [1.807, 2.05) is 4.90 Å². The molecule has 2 aliphatic rings. The molecule has 1 spiro atoms. The smallest absolute Gasteiger partial charge is 0.369 e. The monoisotopic (exact) mass is 431 g/mol. The molecule has 1 atom stereocenters. The van der Waals surface area contributed by atoms with Crippen LogP contribution in [0, 0.1) is 17.2 Å². The zero-order chi connectivity index (χ0) is 22.7. The summed E-state index contributed by atoms with van der Waals surface area (Å²) in [6.45, 7) is 8.04. The number of alkyl halides is 3. The summed E-state index contributed by atoms with van der Waals surface area (Å²) in [6.07, 6.45) is -2.46. The third kappa shape index (κ3) is 6.68. The van der Waals surface area contributed by atoms with Crippen LogP contribution in [0.25, 0.3) is 0 Å². The van der Waals surface area contributed by atoms with Crippen molar-refractivity contribution in [2.75, 3.05) is 19.6 Å². The van der Waals surface area contributed by atoms with Gasteiger partial charge in [0.2, 0.25) is 5.91 Å². The standard InChI is InChI=1S/C17H19F4N3O2.C4H10/c18-12-6-10(5-11(7-12)17(19,20)21)15(26)23-13-8-16(13)1-3-24(4-2-16)9-14(22)25;1-4(2)3/h5-7,13H,1-4,8-9H2,(H2,22,25)(H,23,26);4H,1-3H3/t13-;/m0./s1. The number of nitrogens with two attached hydrogens (primary N) is 1. The van der Waals surface area contributed by atoms with Crippen molar-refractivity contribution in [2.24, 2.45) is 17.1 Å². The summed E-state index contributed by atoms with van der Waals surface area (Å²) in [5.74, 6) is -1.38. The maximum absolute atomic E-state index is 13.4. The molecule has 5 nitrogen and oxygen atoms in total. The van der Waals surface area contributed by atoms with Gasteiger partial charge in [0.1, 0.15) is 5.82 Å². The lowest BCUT2D eigenvalue weighted by atomic mass is 9.92. The van der Waals surface area contributed by atoms with Crippen LogP contribution < -0.4 is 11.1 Å². The number of nitrogens with zero attached hydrogens (tertiary/aromatic N) is 1. The molecule has 30 heavy (non-hydrogen) atoms. The van der Waals surface area contributed by atoms with Crippen LogP contribution in [0.2, 0.25) is 0 Å². The Labute approximate surface area is 174 Å². The molecule has 1 aliphatic carbocycles. The molecule has 1 aliphatic heterocycles. The van der Waals surface area contributed by atoms with E-state index >= 15 is 0 Å². The highest BCUT2D eigenvalue weighted by molar-refractivity contribution is 5.95. The van der Waals surface area contributed by atoms with Gasteiger partial charge in [-0.1, -0.05) is 20.8 Å². The number of primary amides is 1. The van der Waals surface area contributed by atoms with E-state index in [9.17, 15) is 27.2 Å². The van der Waals surface area contributed by atoms with Gasteiger partial charge in [0, 0.05) is 11.6 Å². The predicted octanol–water partition coefficient (Wildman–Crippen LogP) is 3.58. The molecule has 1 saturated heterocycles. The van der Waals surface area contributed by atoms with E-state index in [1.54, 1.807) is 0 Å². The van der Waals surface area contributed by atoms with E-state index < -0.39 is 29.4 Å². The number of rotatable bonds is 4. The third-order valence-electron chi connectivity index (χ3n) is 5.21. The molecule has 168 valence electrons. The molecule has 0 bridgehead atoms. The van der Waals surface area contributed by atoms with Gasteiger partial charge in [0.05, 0.1) is 12.1 Å². The summed E-state index contributed by atoms with van der Waals surface area (Å²) in [6, 6.07) is 1.67. The van der Waals surface area contributed by atoms with Crippen LogP contribution in [0.1, 0.15) is 56.0 Å². The summed E-state index contributed by atoms with van der Waals surface area (Å²) in [5.41, 5.74) is 3.55. The Balaban J connectivity index is 0.000000735. The van der Waals surface area contributed by atoms with Crippen LogP contribution in [-0.4, -0.2) is 42.4 Å². The van der Waals surface area contributed by atoms with Crippen LogP contribution in [0.15, 0.2) is 18.2 Å². The molecule has 9 heteroatoms. The summed E-state index contributed by atoms with van der Waals surface area (Å²) in [4.78, 5) is 25.1. The quantitative estimate of drug-likeness (QED) is 0.716. The SMILES string of the molecule is CC(C)C.NC(=O)CN1CCC2(CC1)C[C@@H]2NC(=O)c1cc(F)cc(C(F)(F)F)c1. The fourth-order valence-corrected chi connectivity index (χ4v) is 3.61. The lowest BCUT2D eigenvalue weighted by Crippen LogP contribution is -2.42. The summed E-state index contributed by atoms with van der Waals surface area (Å²) < 4.78 is 51.7. The Kier molecular flexibility index (Phi) is 7.49. The van der Waals surface area contributed by atoms with Crippen molar-refractivity contribution in [1.29, 1.82) is 0 Å². The minimum Gasteiger partial charge on any atom is -0.369 e. The Morgan fingerprint density at radius 3 is 2.27 bits per heavy atom. The minimum atomic E-state index is -4.72. The van der Waals surface area contributed by atoms with E-state index in [-0.39, 0.29) is 23.6 Å². The van der Waals surface area contributed by atoms with Gasteiger partial charge in [0.25, 0.3) is 5.91 Å². The molecule has 1 saturated carbocycles. The highest BCUT2D eigenvalue weighted by atomic mass is 19.4. The Morgan fingerprint density at radius 1 is 1.20 bits per heavy atom. The number of carbonyl (C=O) groups is 2. The molecule has 0 unspecified atom stereocenters. The van der Waals surface area contributed by atoms with Crippen molar-refractivity contribution >= 4 is 11.8 Å². The highest BCUT2D eigenvalue weighted by Gasteiger charge is 2.55. The molecule has 3 N–H and O–H groups in total. The summed E-state index contributed by atoms with van der Waals surface area (Å²) >= 11 is 0. The van der Waals surface area contributed by atoms with Crippen molar-refractivity contribution in [3.8, 4) is 0 Å². The predicted molar refractivity (Wildman–Crippen MR) is 105 cm³/mol. The van der Waals surface area contributed by atoms with Crippen LogP contribution in [0.5, 0.6) is 0 Å². The van der Waals surface area contributed by atoms with Gasteiger partial charge in [-0.3, -0.25) is 14.5 Å². The summed E-state index contributed by atoms with van der Waals surface area (Å²) in [7, 11) is 0. The lowest BCUT2D eigenvalue weighted by Gasteiger charge is -2.32. The minimum absolute atomic E-state index is 0.0933. The number of hydrogen-bond acceptors (Lipinski definition) is 3. The van der Waals surface area contributed by atoms with E-state index in [0.29, 0.717) is 25.2 Å². The van der Waals surface area contributed by atoms with Crippen molar-refractivity contribution < 1.29 is 27.2 Å². The van der Waals surface area contributed by atoms with Gasteiger partial charge in [-0.15, -0.1) is 0 Å². The van der Waals surface area contributed by atoms with Crippen LogP contribution >= 0.6 is 0 Å². The molecular weight excluding hydrogens is 402 g/mol. The average molecular weight is 431 g/mol. The van der Waals surface area contributed by atoms with E-state index in [4.69, 9.17) is 5.73 Å². The molecular formula is C21H29F4N3O2. The second-order valence-electron chi connectivity index (χ2n) is 8.79. The fraction of sp³-hybridized carbons (Fsp3) is 0.619. The van der Waals surface area contributed by atoms with Gasteiger partial charge in [0.15, 0.2) is 0 Å². The number of halogens is 4. The zero-order valence-corrected chi connectivity index (χ0v) is 17.5. The van der Waals surface area contributed by atoms with Crippen molar-refractivity contribution in [3.05, 3.63) is 35.1 Å². The van der Waals surface area contributed by atoms with Crippen LogP contribution in [-0.2, 0) is 11.0 Å². The highest BCUT2D eigenvalue weighted by Crippen LogP contribution is 2.53. The first-order valence-electron chi connectivity index (χ1n) is 10.0. The maximum atomic E-state index is 13.4. The number of carbonyl (C=O) groups excluding carboxylic acids is 2. The lowest BCUT2D eigenvalue weighted by molar-refractivity contribution is -0.137. The number of benzene rings is 1. The summed E-state index contributed by atoms with van der Waals surface area (Å²) in [5, 5.41) is 2.71. The fourth-order valence-electron chi connectivity index (χ4n) is 3.61. The first kappa shape index (κ1) is 24.1. The van der Waals surface area contributed by atoms with E-state index in [0.717, 1.165) is 31.2 Å². The third-order valence-corrected chi connectivity index (χ3v) is 5.21. The molecule has 2 amide bonds. The topological polar surface area (TPSA) is 75.4 Å². The molecule has 3 rings (SSSR count). The number of likely N-dealkylation sites (tertiary alicyclic amines) is 1. The van der Waals surface area contributed by atoms with Gasteiger partial charge >= 0.3 is 6.18 Å². The van der Waals surface area contributed by atoms with Gasteiger partial charge in [-0.2, -0.15) is 13.2 Å². The van der Waals surface area contributed by atoms with E-state index in [2.05, 4.69) is 26.1 Å². The number of amides is 2. The number of piperidine rings is 1. The van der Waals surface area contributed by atoms with Crippen molar-refractivity contribution in [2.45, 2.75) is 52.3 Å². The molecule has 0 aromatic heterocycles. The van der Waals surface area contributed by atoms with Crippen molar-refractivity contribution in [3.63, 3.8) is 0 Å². The van der Waals surface area contributed by atoms with Gasteiger partial charge in [-0.05, 0) is 61.9 Å². The number of hydrogen-bond donors (Lipinski definition) is 2. The Hall–Kier alpha value is -2.16. The Bertz CT molecular complexity index is 769. The normalized spacial score (nSPS) is 20.5. The Morgan fingerprint density at radius 2 is 1.77 bits per heavy atom. The van der Waals surface area contributed by atoms with Gasteiger partial charge in [-0.25, -0.2) is 4.39 Å². The molecule has 1 heterocycles. The molecule has 0 radical (unpaired) electrons. The molecule has 1 aromatic carbocycles. The maximum Gasteiger partial charge on any atom is 0.416 e. The first-order valence-corrected chi connectivity index (χ1v) is 10.0. The van der Waals surface area contributed by atoms with Gasteiger partial charge < -0.3 is 11.1 Å².